The predicted molar refractivity (Wildman–Crippen MR) is 77.7 cm³/mol. The van der Waals surface area contributed by atoms with Gasteiger partial charge in [-0.05, 0) is 30.5 Å². The zero-order valence-corrected chi connectivity index (χ0v) is 12.8. The minimum absolute atomic E-state index is 0.258. The molecule has 4 nitrogen and oxygen atoms in total. The number of sulfonamides is 1. The van der Waals surface area contributed by atoms with Crippen molar-refractivity contribution in [2.24, 2.45) is 0 Å². The zero-order valence-electron chi connectivity index (χ0n) is 11.3. The van der Waals surface area contributed by atoms with Crippen LogP contribution in [0.5, 0.6) is 0 Å². The van der Waals surface area contributed by atoms with E-state index >= 15 is 0 Å². The molecule has 1 aromatic carbocycles. The Kier molecular flexibility index (Phi) is 5.01. The molecule has 0 saturated carbocycles. The van der Waals surface area contributed by atoms with E-state index < -0.39 is 10.0 Å². The number of nitrogens with one attached hydrogen (secondary N) is 1. The molecule has 1 heterocycles. The summed E-state index contributed by atoms with van der Waals surface area (Å²) in [5.74, 6) is -0.347. The Bertz CT molecular complexity index is 572. The first-order valence-electron chi connectivity index (χ1n) is 6.48. The minimum atomic E-state index is -3.09. The normalized spacial score (nSPS) is 18.4. The van der Waals surface area contributed by atoms with Crippen molar-refractivity contribution in [3.8, 4) is 0 Å². The molecule has 1 aliphatic heterocycles. The standard InChI is InChI=1S/C13H18ClFN2O2S/c1-20(18,19)17-6-4-12(5-7-17)16-9-10-2-3-11(15)8-13(10)14/h2-3,8,12,16H,4-7,9H2,1H3. The molecule has 1 fully saturated rings. The van der Waals surface area contributed by atoms with E-state index in [1.165, 1.54) is 22.7 Å². The first kappa shape index (κ1) is 15.7. The van der Waals surface area contributed by atoms with Gasteiger partial charge in [0.15, 0.2) is 0 Å². The quantitative estimate of drug-likeness (QED) is 0.923. The fourth-order valence-electron chi connectivity index (χ4n) is 2.31. The molecule has 0 unspecified atom stereocenters. The largest absolute Gasteiger partial charge is 0.310 e. The van der Waals surface area contributed by atoms with Gasteiger partial charge in [-0.25, -0.2) is 17.1 Å². The number of rotatable bonds is 4. The van der Waals surface area contributed by atoms with Crippen molar-refractivity contribution in [3.63, 3.8) is 0 Å². The molecule has 20 heavy (non-hydrogen) atoms. The molecule has 0 amide bonds. The average Bonchev–Trinajstić information content (AvgIpc) is 2.37. The van der Waals surface area contributed by atoms with Crippen LogP contribution in [0.4, 0.5) is 4.39 Å². The summed E-state index contributed by atoms with van der Waals surface area (Å²) >= 11 is 5.96. The van der Waals surface area contributed by atoms with Gasteiger partial charge in [0.25, 0.3) is 0 Å². The Morgan fingerprint density at radius 1 is 1.40 bits per heavy atom. The van der Waals surface area contributed by atoms with Crippen molar-refractivity contribution in [2.45, 2.75) is 25.4 Å². The lowest BCUT2D eigenvalue weighted by Gasteiger charge is -2.30. The summed E-state index contributed by atoms with van der Waals surface area (Å²) < 4.78 is 37.2. The monoisotopic (exact) mass is 320 g/mol. The van der Waals surface area contributed by atoms with E-state index in [4.69, 9.17) is 11.6 Å². The average molecular weight is 321 g/mol. The number of hydrogen-bond donors (Lipinski definition) is 1. The van der Waals surface area contributed by atoms with Crippen LogP contribution in [-0.4, -0.2) is 38.1 Å². The van der Waals surface area contributed by atoms with E-state index in [-0.39, 0.29) is 11.9 Å². The molecule has 0 bridgehead atoms. The molecular formula is C13H18ClFN2O2S. The van der Waals surface area contributed by atoms with Crippen LogP contribution >= 0.6 is 11.6 Å². The van der Waals surface area contributed by atoms with Crippen LogP contribution in [0.2, 0.25) is 5.02 Å². The Morgan fingerprint density at radius 3 is 2.60 bits per heavy atom. The van der Waals surface area contributed by atoms with Crippen LogP contribution in [0.3, 0.4) is 0 Å². The molecule has 0 spiro atoms. The van der Waals surface area contributed by atoms with E-state index in [9.17, 15) is 12.8 Å². The topological polar surface area (TPSA) is 49.4 Å². The van der Waals surface area contributed by atoms with Crippen LogP contribution in [0.25, 0.3) is 0 Å². The van der Waals surface area contributed by atoms with Gasteiger partial charge in [-0.3, -0.25) is 0 Å². The molecule has 7 heteroatoms. The van der Waals surface area contributed by atoms with Gasteiger partial charge >= 0.3 is 0 Å². The molecule has 2 rings (SSSR count). The lowest BCUT2D eigenvalue weighted by Crippen LogP contribution is -2.44. The summed E-state index contributed by atoms with van der Waals surface area (Å²) in [4.78, 5) is 0. The van der Waals surface area contributed by atoms with E-state index in [0.29, 0.717) is 24.7 Å². The van der Waals surface area contributed by atoms with Crippen LogP contribution in [-0.2, 0) is 16.6 Å². The third-order valence-electron chi connectivity index (χ3n) is 3.52. The van der Waals surface area contributed by atoms with Gasteiger partial charge in [-0.1, -0.05) is 17.7 Å². The molecule has 0 radical (unpaired) electrons. The highest BCUT2D eigenvalue weighted by Gasteiger charge is 2.24. The maximum absolute atomic E-state index is 12.9. The molecule has 1 N–H and O–H groups in total. The van der Waals surface area contributed by atoms with E-state index in [2.05, 4.69) is 5.32 Å². The Morgan fingerprint density at radius 2 is 2.05 bits per heavy atom. The van der Waals surface area contributed by atoms with E-state index in [0.717, 1.165) is 18.4 Å². The molecule has 1 aromatic rings. The van der Waals surface area contributed by atoms with Crippen molar-refractivity contribution in [1.82, 2.24) is 9.62 Å². The Hall–Kier alpha value is -0.690. The summed E-state index contributed by atoms with van der Waals surface area (Å²) in [6.07, 6.45) is 2.77. The first-order valence-corrected chi connectivity index (χ1v) is 8.71. The second kappa shape index (κ2) is 6.39. The summed E-state index contributed by atoms with van der Waals surface area (Å²) in [6.45, 7) is 1.63. The predicted octanol–water partition coefficient (Wildman–Crippen LogP) is 1.99. The summed E-state index contributed by atoms with van der Waals surface area (Å²) in [7, 11) is -3.09. The third kappa shape index (κ3) is 4.15. The number of nitrogens with zero attached hydrogens (tertiary/aromatic N) is 1. The maximum Gasteiger partial charge on any atom is 0.211 e. The van der Waals surface area contributed by atoms with E-state index in [1.54, 1.807) is 6.07 Å². The van der Waals surface area contributed by atoms with E-state index in [1.807, 2.05) is 0 Å². The van der Waals surface area contributed by atoms with Crippen molar-refractivity contribution >= 4 is 21.6 Å². The summed E-state index contributed by atoms with van der Waals surface area (Å²) in [5, 5.41) is 3.75. The van der Waals surface area contributed by atoms with Gasteiger partial charge in [0.1, 0.15) is 5.82 Å². The van der Waals surface area contributed by atoms with Crippen molar-refractivity contribution in [2.75, 3.05) is 19.3 Å². The van der Waals surface area contributed by atoms with Crippen molar-refractivity contribution in [3.05, 3.63) is 34.6 Å². The highest BCUT2D eigenvalue weighted by Crippen LogP contribution is 2.18. The van der Waals surface area contributed by atoms with Crippen LogP contribution in [0.15, 0.2) is 18.2 Å². The first-order chi connectivity index (χ1) is 9.36. The smallest absolute Gasteiger partial charge is 0.211 e. The SMILES string of the molecule is CS(=O)(=O)N1CCC(NCc2ccc(F)cc2Cl)CC1. The van der Waals surface area contributed by atoms with Gasteiger partial charge in [0.2, 0.25) is 10.0 Å². The molecule has 112 valence electrons. The van der Waals surface area contributed by atoms with Gasteiger partial charge in [-0.2, -0.15) is 0 Å². The van der Waals surface area contributed by atoms with Crippen LogP contribution in [0, 0.1) is 5.82 Å². The molecule has 0 aliphatic carbocycles. The molecule has 1 aliphatic rings. The van der Waals surface area contributed by atoms with Crippen LogP contribution < -0.4 is 5.32 Å². The Balaban J connectivity index is 1.84. The number of benzene rings is 1. The lowest BCUT2D eigenvalue weighted by molar-refractivity contribution is 0.290. The molecule has 0 atom stereocenters. The van der Waals surface area contributed by atoms with Crippen LogP contribution in [0.1, 0.15) is 18.4 Å². The maximum atomic E-state index is 12.9. The van der Waals surface area contributed by atoms with Crippen molar-refractivity contribution < 1.29 is 12.8 Å². The lowest BCUT2D eigenvalue weighted by atomic mass is 10.1. The number of piperidine rings is 1. The third-order valence-corrected chi connectivity index (χ3v) is 5.17. The highest BCUT2D eigenvalue weighted by molar-refractivity contribution is 7.88. The highest BCUT2D eigenvalue weighted by atomic mass is 35.5. The molecule has 1 saturated heterocycles. The fourth-order valence-corrected chi connectivity index (χ4v) is 3.42. The number of hydrogen-bond acceptors (Lipinski definition) is 3. The van der Waals surface area contributed by atoms with Gasteiger partial charge in [0.05, 0.1) is 6.26 Å². The summed E-state index contributed by atoms with van der Waals surface area (Å²) in [6, 6.07) is 4.60. The van der Waals surface area contributed by atoms with Gasteiger partial charge in [-0.15, -0.1) is 0 Å². The minimum Gasteiger partial charge on any atom is -0.310 e. The second-order valence-corrected chi connectivity index (χ2v) is 7.44. The van der Waals surface area contributed by atoms with Gasteiger partial charge in [0, 0.05) is 30.7 Å². The second-order valence-electron chi connectivity index (χ2n) is 5.05. The Labute approximate surface area is 124 Å². The zero-order chi connectivity index (χ0) is 14.8. The summed E-state index contributed by atoms with van der Waals surface area (Å²) in [5.41, 5.74) is 0.846. The van der Waals surface area contributed by atoms with Gasteiger partial charge < -0.3 is 5.32 Å². The van der Waals surface area contributed by atoms with Crippen molar-refractivity contribution in [1.29, 1.82) is 0 Å². The fraction of sp³-hybridized carbons (Fsp3) is 0.538. The number of halogens is 2. The molecule has 0 aromatic heterocycles. The molecular weight excluding hydrogens is 303 g/mol.